The molecular formula is C17H22F2N4O2. The second-order valence-electron chi connectivity index (χ2n) is 7.06. The van der Waals surface area contributed by atoms with E-state index in [0.29, 0.717) is 25.6 Å². The van der Waals surface area contributed by atoms with Crippen molar-refractivity contribution in [2.75, 3.05) is 37.7 Å². The van der Waals surface area contributed by atoms with Crippen molar-refractivity contribution in [1.82, 2.24) is 14.9 Å². The van der Waals surface area contributed by atoms with E-state index in [4.69, 9.17) is 4.74 Å². The summed E-state index contributed by atoms with van der Waals surface area (Å²) in [4.78, 5) is 24.8. The maximum atomic E-state index is 13.3. The minimum absolute atomic E-state index is 0.0883. The Balaban J connectivity index is 1.40. The second kappa shape index (κ2) is 6.48. The number of ether oxygens (including phenoxy) is 1. The summed E-state index contributed by atoms with van der Waals surface area (Å²) in [6.45, 7) is 1.65. The monoisotopic (exact) mass is 352 g/mol. The third kappa shape index (κ3) is 3.73. The Bertz CT molecular complexity index is 643. The summed E-state index contributed by atoms with van der Waals surface area (Å²) in [5.74, 6) is -1.51. The predicted molar refractivity (Wildman–Crippen MR) is 86.7 cm³/mol. The van der Waals surface area contributed by atoms with Gasteiger partial charge in [-0.3, -0.25) is 4.79 Å². The highest BCUT2D eigenvalue weighted by atomic mass is 19.3. The molecule has 1 aliphatic carbocycles. The van der Waals surface area contributed by atoms with Crippen molar-refractivity contribution in [3.05, 3.63) is 18.1 Å². The van der Waals surface area contributed by atoms with Gasteiger partial charge in [0.25, 0.3) is 11.8 Å². The van der Waals surface area contributed by atoms with Crippen molar-refractivity contribution in [3.63, 3.8) is 0 Å². The van der Waals surface area contributed by atoms with Crippen molar-refractivity contribution in [3.8, 4) is 0 Å². The summed E-state index contributed by atoms with van der Waals surface area (Å²) < 4.78 is 32.2. The van der Waals surface area contributed by atoms with Gasteiger partial charge in [0.2, 0.25) is 0 Å². The number of morpholine rings is 1. The van der Waals surface area contributed by atoms with E-state index in [1.807, 2.05) is 11.0 Å². The van der Waals surface area contributed by atoms with E-state index in [-0.39, 0.29) is 31.8 Å². The Kier molecular flexibility index (Phi) is 4.31. The van der Waals surface area contributed by atoms with Gasteiger partial charge in [-0.05, 0) is 12.8 Å². The van der Waals surface area contributed by atoms with E-state index in [1.54, 1.807) is 6.33 Å². The number of hydrogen-bond acceptors (Lipinski definition) is 5. The molecule has 1 unspecified atom stereocenters. The van der Waals surface area contributed by atoms with Crippen LogP contribution in [0.2, 0.25) is 0 Å². The average molecular weight is 352 g/mol. The van der Waals surface area contributed by atoms with Gasteiger partial charge >= 0.3 is 0 Å². The van der Waals surface area contributed by atoms with E-state index in [0.717, 1.165) is 11.5 Å². The lowest BCUT2D eigenvalue weighted by molar-refractivity contribution is -0.150. The number of anilines is 1. The fourth-order valence-corrected chi connectivity index (χ4v) is 3.40. The Morgan fingerprint density at radius 3 is 2.68 bits per heavy atom. The average Bonchev–Trinajstić information content (AvgIpc) is 3.47. The molecule has 136 valence electrons. The fraction of sp³-hybridized carbons (Fsp3) is 0.706. The summed E-state index contributed by atoms with van der Waals surface area (Å²) in [6.07, 6.45) is 2.74. The molecule has 0 spiro atoms. The largest absolute Gasteiger partial charge is 0.365 e. The molecule has 25 heavy (non-hydrogen) atoms. The van der Waals surface area contributed by atoms with E-state index in [9.17, 15) is 13.6 Å². The molecule has 3 fully saturated rings. The minimum Gasteiger partial charge on any atom is -0.365 e. The van der Waals surface area contributed by atoms with Crippen molar-refractivity contribution in [1.29, 1.82) is 0 Å². The SMILES string of the molecule is O=C(C1CN(c2cc(C3CC3)ncn2)CCO1)N1CCC(F)(F)CC1. The normalized spacial score (nSPS) is 26.6. The number of halogens is 2. The third-order valence-electron chi connectivity index (χ3n) is 5.14. The summed E-state index contributed by atoms with van der Waals surface area (Å²) in [5, 5.41) is 0. The van der Waals surface area contributed by atoms with Gasteiger partial charge < -0.3 is 14.5 Å². The summed E-state index contributed by atoms with van der Waals surface area (Å²) in [6, 6.07) is 1.99. The van der Waals surface area contributed by atoms with Crippen LogP contribution in [-0.2, 0) is 9.53 Å². The first kappa shape index (κ1) is 16.6. The van der Waals surface area contributed by atoms with Gasteiger partial charge in [0.1, 0.15) is 12.1 Å². The molecule has 1 atom stereocenters. The molecule has 0 radical (unpaired) electrons. The standard InChI is InChI=1S/C17H22F2N4O2/c18-17(19)3-5-22(6-4-17)16(24)14-10-23(7-8-25-14)15-9-13(12-1-2-12)20-11-21-15/h9,11-12,14H,1-8,10H2. The van der Waals surface area contributed by atoms with E-state index in [1.165, 1.54) is 17.7 Å². The van der Waals surface area contributed by atoms with Gasteiger partial charge in [-0.1, -0.05) is 0 Å². The molecule has 6 nitrogen and oxygen atoms in total. The van der Waals surface area contributed by atoms with Crippen LogP contribution in [0.3, 0.4) is 0 Å². The zero-order valence-corrected chi connectivity index (χ0v) is 14.0. The molecule has 8 heteroatoms. The highest BCUT2D eigenvalue weighted by Gasteiger charge is 2.38. The number of alkyl halides is 2. The molecule has 3 aliphatic rings. The van der Waals surface area contributed by atoms with Crippen LogP contribution in [0, 0.1) is 0 Å². The van der Waals surface area contributed by atoms with Crippen LogP contribution < -0.4 is 4.90 Å². The number of amides is 1. The van der Waals surface area contributed by atoms with Gasteiger partial charge in [0, 0.05) is 50.2 Å². The molecule has 4 rings (SSSR count). The molecule has 1 saturated carbocycles. The zero-order chi connectivity index (χ0) is 17.4. The smallest absolute Gasteiger partial charge is 0.253 e. The number of rotatable bonds is 3. The number of carbonyl (C=O) groups is 1. The number of aromatic nitrogens is 2. The van der Waals surface area contributed by atoms with Crippen molar-refractivity contribution in [2.45, 2.75) is 43.6 Å². The molecule has 2 aliphatic heterocycles. The fourth-order valence-electron chi connectivity index (χ4n) is 3.40. The van der Waals surface area contributed by atoms with Crippen LogP contribution in [0.25, 0.3) is 0 Å². The summed E-state index contributed by atoms with van der Waals surface area (Å²) in [7, 11) is 0. The molecule has 1 aromatic rings. The van der Waals surface area contributed by atoms with Gasteiger partial charge in [-0.15, -0.1) is 0 Å². The van der Waals surface area contributed by atoms with Crippen LogP contribution in [-0.4, -0.2) is 65.6 Å². The molecule has 0 bridgehead atoms. The number of nitrogens with zero attached hydrogens (tertiary/aromatic N) is 4. The van der Waals surface area contributed by atoms with Gasteiger partial charge in [-0.2, -0.15) is 0 Å². The first-order valence-corrected chi connectivity index (χ1v) is 8.87. The number of carbonyl (C=O) groups excluding carboxylic acids is 1. The maximum absolute atomic E-state index is 13.3. The molecular weight excluding hydrogens is 330 g/mol. The molecule has 1 amide bonds. The highest BCUT2D eigenvalue weighted by molar-refractivity contribution is 5.82. The van der Waals surface area contributed by atoms with Crippen molar-refractivity contribution >= 4 is 11.7 Å². The zero-order valence-electron chi connectivity index (χ0n) is 14.0. The van der Waals surface area contributed by atoms with Crippen LogP contribution in [0.1, 0.15) is 37.3 Å². The molecule has 0 aromatic carbocycles. The quantitative estimate of drug-likeness (QED) is 0.831. The van der Waals surface area contributed by atoms with Crippen molar-refractivity contribution in [2.24, 2.45) is 0 Å². The van der Waals surface area contributed by atoms with E-state index >= 15 is 0 Å². The van der Waals surface area contributed by atoms with Crippen LogP contribution >= 0.6 is 0 Å². The van der Waals surface area contributed by atoms with Gasteiger partial charge in [0.15, 0.2) is 6.10 Å². The Morgan fingerprint density at radius 1 is 1.20 bits per heavy atom. The van der Waals surface area contributed by atoms with Crippen LogP contribution in [0.4, 0.5) is 14.6 Å². The third-order valence-corrected chi connectivity index (χ3v) is 5.14. The van der Waals surface area contributed by atoms with Crippen molar-refractivity contribution < 1.29 is 18.3 Å². The van der Waals surface area contributed by atoms with E-state index in [2.05, 4.69) is 9.97 Å². The molecule has 0 N–H and O–H groups in total. The van der Waals surface area contributed by atoms with Gasteiger partial charge in [0.05, 0.1) is 13.2 Å². The Labute approximate surface area is 145 Å². The maximum Gasteiger partial charge on any atom is 0.253 e. The number of piperidine rings is 1. The Morgan fingerprint density at radius 2 is 1.96 bits per heavy atom. The molecule has 2 saturated heterocycles. The lowest BCUT2D eigenvalue weighted by Gasteiger charge is -2.38. The Hall–Kier alpha value is -1.83. The summed E-state index contributed by atoms with van der Waals surface area (Å²) >= 11 is 0. The number of hydrogen-bond donors (Lipinski definition) is 0. The number of likely N-dealkylation sites (tertiary alicyclic amines) is 1. The highest BCUT2D eigenvalue weighted by Crippen LogP contribution is 2.39. The topological polar surface area (TPSA) is 58.6 Å². The molecule has 1 aromatic heterocycles. The lowest BCUT2D eigenvalue weighted by atomic mass is 10.1. The first-order valence-electron chi connectivity index (χ1n) is 8.87. The predicted octanol–water partition coefficient (Wildman–Crippen LogP) is 1.82. The van der Waals surface area contributed by atoms with Crippen LogP contribution in [0.5, 0.6) is 0 Å². The van der Waals surface area contributed by atoms with E-state index < -0.39 is 12.0 Å². The van der Waals surface area contributed by atoms with Gasteiger partial charge in [-0.25, -0.2) is 18.7 Å². The van der Waals surface area contributed by atoms with Crippen LogP contribution in [0.15, 0.2) is 12.4 Å². The lowest BCUT2D eigenvalue weighted by Crippen LogP contribution is -2.53. The second-order valence-corrected chi connectivity index (χ2v) is 7.06. The first-order chi connectivity index (χ1) is 12.0. The summed E-state index contributed by atoms with van der Waals surface area (Å²) in [5.41, 5.74) is 1.05. The molecule has 3 heterocycles. The minimum atomic E-state index is -2.66.